The highest BCUT2D eigenvalue weighted by Crippen LogP contribution is 2.30. The first-order valence-corrected chi connectivity index (χ1v) is 13.7. The molecule has 0 aliphatic heterocycles. The van der Waals surface area contributed by atoms with Crippen molar-refractivity contribution in [1.82, 2.24) is 19.7 Å². The van der Waals surface area contributed by atoms with Gasteiger partial charge >= 0.3 is 5.76 Å². The first-order valence-electron chi connectivity index (χ1n) is 13.7. The van der Waals surface area contributed by atoms with Crippen molar-refractivity contribution < 1.29 is 9.63 Å². The Balaban J connectivity index is 1.70. The van der Waals surface area contributed by atoms with E-state index in [2.05, 4.69) is 17.1 Å². The number of aromatic amines is 1. The van der Waals surface area contributed by atoms with Gasteiger partial charge in [0, 0.05) is 24.0 Å². The van der Waals surface area contributed by atoms with E-state index >= 15 is 0 Å². The molecule has 0 spiro atoms. The normalized spacial score (nSPS) is 12.6. The second kappa shape index (κ2) is 11.9. The molecule has 39 heavy (non-hydrogen) atoms. The van der Waals surface area contributed by atoms with Gasteiger partial charge in [-0.2, -0.15) is 0 Å². The third-order valence-electron chi connectivity index (χ3n) is 7.13. The van der Waals surface area contributed by atoms with Crippen molar-refractivity contribution in [2.45, 2.75) is 79.4 Å². The average Bonchev–Trinajstić information content (AvgIpc) is 3.36. The molecule has 1 atom stereocenters. The Morgan fingerprint density at radius 1 is 1.03 bits per heavy atom. The summed E-state index contributed by atoms with van der Waals surface area (Å²) >= 11 is 0. The van der Waals surface area contributed by atoms with Gasteiger partial charge in [0.15, 0.2) is 5.82 Å². The first kappa shape index (κ1) is 28.2. The van der Waals surface area contributed by atoms with Crippen molar-refractivity contribution in [2.75, 3.05) is 0 Å². The minimum atomic E-state index is -0.671. The van der Waals surface area contributed by atoms with E-state index in [0.29, 0.717) is 24.2 Å². The summed E-state index contributed by atoms with van der Waals surface area (Å²) in [5, 5.41) is 14.6. The third kappa shape index (κ3) is 6.45. The summed E-state index contributed by atoms with van der Waals surface area (Å²) in [6.07, 6.45) is 3.12. The maximum absolute atomic E-state index is 13.9. The zero-order valence-corrected chi connectivity index (χ0v) is 23.5. The predicted molar refractivity (Wildman–Crippen MR) is 153 cm³/mol. The van der Waals surface area contributed by atoms with Crippen LogP contribution in [0.3, 0.4) is 0 Å². The smallest absolute Gasteiger partial charge is 0.391 e. The number of aliphatic hydroxyl groups excluding tert-OH is 1. The number of aromatic nitrogens is 4. The van der Waals surface area contributed by atoms with Crippen LogP contribution in [0.15, 0.2) is 62.6 Å². The lowest BCUT2D eigenvalue weighted by Gasteiger charge is -2.27. The molecule has 8 heteroatoms. The molecule has 2 N–H and O–H groups in total. The highest BCUT2D eigenvalue weighted by Gasteiger charge is 2.25. The molecule has 0 aliphatic carbocycles. The van der Waals surface area contributed by atoms with E-state index in [1.54, 1.807) is 4.57 Å². The van der Waals surface area contributed by atoms with Gasteiger partial charge in [-0.25, -0.2) is 9.78 Å². The lowest BCUT2D eigenvalue weighted by molar-refractivity contribution is 0.0461. The van der Waals surface area contributed by atoms with Crippen LogP contribution in [0.2, 0.25) is 0 Å². The Kier molecular flexibility index (Phi) is 8.65. The van der Waals surface area contributed by atoms with E-state index in [4.69, 9.17) is 9.51 Å². The van der Waals surface area contributed by atoms with Gasteiger partial charge in [-0.1, -0.05) is 94.7 Å². The van der Waals surface area contributed by atoms with Crippen molar-refractivity contribution in [2.24, 2.45) is 5.41 Å². The van der Waals surface area contributed by atoms with Gasteiger partial charge in [-0.15, -0.1) is 0 Å². The van der Waals surface area contributed by atoms with Crippen molar-refractivity contribution in [3.63, 3.8) is 0 Å². The van der Waals surface area contributed by atoms with Gasteiger partial charge in [0.05, 0.1) is 18.3 Å². The molecule has 0 radical (unpaired) electrons. The Labute approximate surface area is 228 Å². The van der Waals surface area contributed by atoms with Crippen LogP contribution >= 0.6 is 0 Å². The fourth-order valence-corrected chi connectivity index (χ4v) is 4.61. The van der Waals surface area contributed by atoms with E-state index in [1.165, 1.54) is 0 Å². The minimum Gasteiger partial charge on any atom is -0.391 e. The topological polar surface area (TPSA) is 114 Å². The molecule has 4 aromatic rings. The first-order chi connectivity index (χ1) is 18.6. The molecule has 0 saturated carbocycles. The van der Waals surface area contributed by atoms with Crippen LogP contribution in [0.5, 0.6) is 0 Å². The van der Waals surface area contributed by atoms with Crippen molar-refractivity contribution in [3.8, 4) is 22.5 Å². The molecule has 0 amide bonds. The number of aliphatic hydroxyl groups is 1. The highest BCUT2D eigenvalue weighted by atomic mass is 16.5. The van der Waals surface area contributed by atoms with Crippen LogP contribution < -0.4 is 11.3 Å². The van der Waals surface area contributed by atoms with Gasteiger partial charge in [0.25, 0.3) is 5.56 Å². The number of nitrogens with one attached hydrogen (secondary N) is 1. The molecular formula is C31H38N4O4. The molecule has 8 nitrogen and oxygen atoms in total. The summed E-state index contributed by atoms with van der Waals surface area (Å²) in [6, 6.07) is 15.7. The zero-order valence-electron chi connectivity index (χ0n) is 23.5. The molecule has 4 rings (SSSR count). The van der Waals surface area contributed by atoms with Gasteiger partial charge in [0.1, 0.15) is 5.82 Å². The number of aryl methyl sites for hydroxylation is 2. The third-order valence-corrected chi connectivity index (χ3v) is 7.13. The fraction of sp³-hybridized carbons (Fsp3) is 0.419. The lowest BCUT2D eigenvalue weighted by atomic mass is 9.89. The van der Waals surface area contributed by atoms with Crippen molar-refractivity contribution >= 4 is 0 Å². The molecular weight excluding hydrogens is 492 g/mol. The Morgan fingerprint density at radius 2 is 1.72 bits per heavy atom. The highest BCUT2D eigenvalue weighted by molar-refractivity contribution is 5.80. The number of H-pyrrole nitrogens is 1. The number of unbranched alkanes of at least 4 members (excludes halogenated alkanes) is 1. The van der Waals surface area contributed by atoms with Crippen LogP contribution in [0.1, 0.15) is 70.1 Å². The Morgan fingerprint density at radius 3 is 2.31 bits per heavy atom. The summed E-state index contributed by atoms with van der Waals surface area (Å²) < 4.78 is 6.37. The Bertz CT molecular complexity index is 1520. The molecule has 0 saturated heterocycles. The molecule has 0 aliphatic rings. The molecule has 0 fully saturated rings. The van der Waals surface area contributed by atoms with Crippen LogP contribution in [-0.4, -0.2) is 30.9 Å². The van der Waals surface area contributed by atoms with E-state index < -0.39 is 11.9 Å². The maximum atomic E-state index is 13.9. The van der Waals surface area contributed by atoms with E-state index in [1.807, 2.05) is 76.2 Å². The van der Waals surface area contributed by atoms with Crippen molar-refractivity contribution in [1.29, 1.82) is 0 Å². The lowest BCUT2D eigenvalue weighted by Crippen LogP contribution is -2.38. The summed E-state index contributed by atoms with van der Waals surface area (Å²) in [7, 11) is 0. The number of hydrogen-bond donors (Lipinski definition) is 2. The molecule has 2 heterocycles. The van der Waals surface area contributed by atoms with Gasteiger partial charge < -0.3 is 5.11 Å². The van der Waals surface area contributed by atoms with Crippen molar-refractivity contribution in [3.05, 3.63) is 92.1 Å². The second-order valence-electron chi connectivity index (χ2n) is 11.1. The second-order valence-corrected chi connectivity index (χ2v) is 11.1. The molecule has 2 aromatic carbocycles. The zero-order chi connectivity index (χ0) is 28.2. The molecule has 206 valence electrons. The van der Waals surface area contributed by atoms with E-state index in [0.717, 1.165) is 53.0 Å². The Hall–Kier alpha value is -3.78. The van der Waals surface area contributed by atoms with Gasteiger partial charge in [0.2, 0.25) is 0 Å². The SMILES string of the molecule is CCCCc1nc(CC)n(CC(O)C(C)(C)C)c(=O)c1Cc1ccc(-c2ccccc2-c2noc(=O)[nH]2)cc1. The van der Waals surface area contributed by atoms with E-state index in [9.17, 15) is 14.7 Å². The summed E-state index contributed by atoms with van der Waals surface area (Å²) in [5.41, 5.74) is 4.74. The molecule has 2 aromatic heterocycles. The summed E-state index contributed by atoms with van der Waals surface area (Å²) in [4.78, 5) is 32.9. The summed E-state index contributed by atoms with van der Waals surface area (Å²) in [5.74, 6) is 0.494. The molecule has 1 unspecified atom stereocenters. The molecule has 0 bridgehead atoms. The van der Waals surface area contributed by atoms with E-state index in [-0.39, 0.29) is 17.5 Å². The quantitative estimate of drug-likeness (QED) is 0.293. The average molecular weight is 531 g/mol. The predicted octanol–water partition coefficient (Wildman–Crippen LogP) is 5.16. The van der Waals surface area contributed by atoms with Gasteiger partial charge in [-0.05, 0) is 34.9 Å². The summed E-state index contributed by atoms with van der Waals surface area (Å²) in [6.45, 7) is 10.3. The number of rotatable bonds is 10. The van der Waals surface area contributed by atoms with Crippen LogP contribution in [0, 0.1) is 5.41 Å². The number of hydrogen-bond acceptors (Lipinski definition) is 6. The monoisotopic (exact) mass is 530 g/mol. The standard InChI is InChI=1S/C31H38N4O4/c1-6-8-13-25-24(29(37)35(27(7-2)32-25)19-26(36)31(3,4)5)18-20-14-16-21(17-15-20)22-11-9-10-12-23(22)28-33-30(38)39-34-28/h9-12,14-17,26,36H,6-8,13,18-19H2,1-5H3,(H,33,34,38). The fourth-order valence-electron chi connectivity index (χ4n) is 4.61. The number of nitrogens with zero attached hydrogens (tertiary/aromatic N) is 3. The number of benzene rings is 2. The largest absolute Gasteiger partial charge is 0.439 e. The maximum Gasteiger partial charge on any atom is 0.439 e. The minimum absolute atomic E-state index is 0.0688. The van der Waals surface area contributed by atoms with Gasteiger partial charge in [-0.3, -0.25) is 18.9 Å². The van der Waals surface area contributed by atoms with Crippen LogP contribution in [0.25, 0.3) is 22.5 Å². The van der Waals surface area contributed by atoms with Crippen LogP contribution in [0.4, 0.5) is 0 Å². The van der Waals surface area contributed by atoms with Crippen LogP contribution in [-0.2, 0) is 25.8 Å².